The summed E-state index contributed by atoms with van der Waals surface area (Å²) in [4.78, 5) is 24.0. The Kier molecular flexibility index (Phi) is 9.45. The molecule has 0 aromatic carbocycles. The maximum atomic E-state index is 9.33. The Morgan fingerprint density at radius 2 is 1.48 bits per heavy atom. The van der Waals surface area contributed by atoms with Crippen LogP contribution in [0.3, 0.4) is 0 Å². The first-order valence-corrected chi connectivity index (χ1v) is 10.4. The number of nitriles is 2. The van der Waals surface area contributed by atoms with E-state index in [1.807, 2.05) is 24.3 Å². The average Bonchev–Trinajstić information content (AvgIpc) is 2.60. The largest absolute Gasteiger partial charge is 0.377 e. The zero-order chi connectivity index (χ0) is 22.2. The van der Waals surface area contributed by atoms with Gasteiger partial charge < -0.3 is 19.4 Å². The van der Waals surface area contributed by atoms with E-state index in [0.717, 1.165) is 11.4 Å². The molecule has 0 atom stereocenters. The van der Waals surface area contributed by atoms with E-state index in [9.17, 15) is 10.5 Å². The second-order valence-corrected chi connectivity index (χ2v) is 9.18. The fourth-order valence-electron chi connectivity index (χ4n) is 2.84. The van der Waals surface area contributed by atoms with Crippen LogP contribution in [0.1, 0.15) is 41.5 Å². The predicted octanol–water partition coefficient (Wildman–Crippen LogP) is 3.68. The molecule has 0 radical (unpaired) electrons. The fraction of sp³-hybridized carbons (Fsp3) is 0.600. The van der Waals surface area contributed by atoms with Gasteiger partial charge in [-0.3, -0.25) is 0 Å². The van der Waals surface area contributed by atoms with E-state index in [0.29, 0.717) is 18.7 Å². The third-order valence-electron chi connectivity index (χ3n) is 4.10. The number of rotatable bonds is 8. The highest BCUT2D eigenvalue weighted by Crippen LogP contribution is 2.41. The van der Waals surface area contributed by atoms with Gasteiger partial charge in [0, 0.05) is 34.3 Å². The van der Waals surface area contributed by atoms with Crippen LogP contribution in [0.2, 0.25) is 0 Å². The van der Waals surface area contributed by atoms with Crippen molar-refractivity contribution in [2.24, 2.45) is 10.8 Å². The molecule has 0 fully saturated rings. The van der Waals surface area contributed by atoms with Crippen LogP contribution in [0.15, 0.2) is 34.7 Å². The summed E-state index contributed by atoms with van der Waals surface area (Å²) in [5.74, 6) is 0. The number of hydrogen-bond acceptors (Lipinski definition) is 8. The molecule has 0 bridgehead atoms. The molecule has 0 saturated heterocycles. The lowest BCUT2D eigenvalue weighted by Gasteiger charge is -2.43. The van der Waals surface area contributed by atoms with Gasteiger partial charge in [-0.15, -0.1) is 0 Å². The first kappa shape index (κ1) is 25.3. The Labute approximate surface area is 174 Å². The molecule has 0 spiro atoms. The second kappa shape index (κ2) is 10.8. The van der Waals surface area contributed by atoms with E-state index in [1.54, 1.807) is 0 Å². The van der Waals surface area contributed by atoms with E-state index in [4.69, 9.17) is 14.5 Å². The number of allylic oxidation sites excluding steroid dienone is 6. The predicted molar refractivity (Wildman–Crippen MR) is 109 cm³/mol. The smallest absolute Gasteiger partial charge is 0.357 e. The lowest BCUT2D eigenvalue weighted by atomic mass is 9.81. The maximum absolute atomic E-state index is 9.33. The normalized spacial score (nSPS) is 15.0. The summed E-state index contributed by atoms with van der Waals surface area (Å²) in [6.07, 6.45) is 3.80. The molecule has 2 N–H and O–H groups in total. The van der Waals surface area contributed by atoms with E-state index in [1.165, 1.54) is 0 Å². The molecule has 1 heterocycles. The first-order chi connectivity index (χ1) is 13.4. The van der Waals surface area contributed by atoms with Crippen LogP contribution < -0.4 is 0 Å². The van der Waals surface area contributed by atoms with Crippen LogP contribution in [0, 0.1) is 33.5 Å². The van der Waals surface area contributed by atoms with Gasteiger partial charge >= 0.3 is 8.60 Å². The molecule has 0 aromatic heterocycles. The van der Waals surface area contributed by atoms with E-state index >= 15 is 0 Å². The molecule has 0 aromatic rings. The summed E-state index contributed by atoms with van der Waals surface area (Å²) in [6.45, 7) is 13.8. The molecule has 1 aliphatic rings. The molecular formula is C20H30N3O5P. The number of ether oxygens (including phenoxy) is 1. The third kappa shape index (κ3) is 7.87. The van der Waals surface area contributed by atoms with Gasteiger partial charge in [0.25, 0.3) is 0 Å². The number of nitrogens with zero attached hydrogens (tertiary/aromatic N) is 3. The number of hydrogen-bond donors (Lipinski definition) is 2. The minimum Gasteiger partial charge on any atom is -0.377 e. The van der Waals surface area contributed by atoms with Crippen molar-refractivity contribution < 1.29 is 24.1 Å². The maximum Gasteiger partial charge on any atom is 0.357 e. The summed E-state index contributed by atoms with van der Waals surface area (Å²) in [6, 6.07) is 3.97. The topological polar surface area (TPSA) is 119 Å². The van der Waals surface area contributed by atoms with E-state index in [-0.39, 0.29) is 29.6 Å². The van der Waals surface area contributed by atoms with Crippen molar-refractivity contribution in [3.05, 3.63) is 34.7 Å². The quantitative estimate of drug-likeness (QED) is 0.199. The van der Waals surface area contributed by atoms with Gasteiger partial charge in [-0.25, -0.2) is 4.89 Å². The van der Waals surface area contributed by atoms with Crippen molar-refractivity contribution in [2.75, 3.05) is 26.4 Å². The van der Waals surface area contributed by atoms with Crippen molar-refractivity contribution in [1.29, 1.82) is 10.5 Å². The van der Waals surface area contributed by atoms with Crippen LogP contribution in [0.4, 0.5) is 0 Å². The second-order valence-electron chi connectivity index (χ2n) is 8.53. The monoisotopic (exact) mass is 423 g/mol. The highest BCUT2D eigenvalue weighted by atomic mass is 31.2. The van der Waals surface area contributed by atoms with Crippen LogP contribution in [-0.4, -0.2) is 41.1 Å². The molecule has 0 unspecified atom stereocenters. The Morgan fingerprint density at radius 3 is 1.90 bits per heavy atom. The lowest BCUT2D eigenvalue weighted by molar-refractivity contribution is -0.221. The SMILES string of the molecule is CC(C)(C)C1=CC(=C(C#N)C#N)C=C(C(C)(C)C)N1CCOCCOOP(O)O. The molecular weight excluding hydrogens is 393 g/mol. The van der Waals surface area contributed by atoms with Crippen LogP contribution in [0.5, 0.6) is 0 Å². The molecule has 8 nitrogen and oxygen atoms in total. The fourth-order valence-corrected chi connectivity index (χ4v) is 3.01. The van der Waals surface area contributed by atoms with Crippen molar-refractivity contribution in [3.8, 4) is 12.1 Å². The average molecular weight is 423 g/mol. The summed E-state index contributed by atoms with van der Waals surface area (Å²) < 4.78 is 9.81. The minimum atomic E-state index is -2.54. The zero-order valence-corrected chi connectivity index (χ0v) is 18.8. The Hall–Kier alpha value is -1.77. The van der Waals surface area contributed by atoms with Crippen molar-refractivity contribution in [1.82, 2.24) is 4.90 Å². The summed E-state index contributed by atoms with van der Waals surface area (Å²) in [5, 5.41) is 18.7. The van der Waals surface area contributed by atoms with Gasteiger partial charge in [0.05, 0.1) is 13.2 Å². The molecule has 9 heteroatoms. The minimum absolute atomic E-state index is 0.0739. The molecule has 0 aliphatic carbocycles. The summed E-state index contributed by atoms with van der Waals surface area (Å²) in [7, 11) is -2.54. The van der Waals surface area contributed by atoms with E-state index in [2.05, 4.69) is 56.0 Å². The molecule has 1 rings (SSSR count). The van der Waals surface area contributed by atoms with E-state index < -0.39 is 8.60 Å². The van der Waals surface area contributed by atoms with Gasteiger partial charge in [-0.05, 0) is 12.2 Å². The molecule has 29 heavy (non-hydrogen) atoms. The Balaban J connectivity index is 3.05. The first-order valence-electron chi connectivity index (χ1n) is 9.23. The Morgan fingerprint density at radius 1 is 0.966 bits per heavy atom. The van der Waals surface area contributed by atoms with Crippen LogP contribution >= 0.6 is 8.60 Å². The molecule has 1 aliphatic heterocycles. The third-order valence-corrected chi connectivity index (χ3v) is 4.34. The van der Waals surface area contributed by atoms with Gasteiger partial charge in [0.2, 0.25) is 0 Å². The molecule has 0 amide bonds. The van der Waals surface area contributed by atoms with Crippen LogP contribution in [0.25, 0.3) is 0 Å². The highest BCUT2D eigenvalue weighted by molar-refractivity contribution is 7.39. The zero-order valence-electron chi connectivity index (χ0n) is 17.9. The summed E-state index contributed by atoms with van der Waals surface area (Å²) in [5.41, 5.74) is 2.27. The summed E-state index contributed by atoms with van der Waals surface area (Å²) >= 11 is 0. The van der Waals surface area contributed by atoms with Crippen molar-refractivity contribution in [3.63, 3.8) is 0 Å². The van der Waals surface area contributed by atoms with Gasteiger partial charge in [-0.2, -0.15) is 15.2 Å². The van der Waals surface area contributed by atoms with Crippen molar-refractivity contribution in [2.45, 2.75) is 41.5 Å². The molecule has 0 saturated carbocycles. The molecule has 160 valence electrons. The lowest BCUT2D eigenvalue weighted by Crippen LogP contribution is -2.38. The Bertz CT molecular complexity index is 696. The standard InChI is InChI=1S/C20H30N3O5P/c1-19(2,3)17-11-15(16(13-21)14-22)12-18(20(4,5)6)23(17)7-8-26-9-10-27-28-29(24)25/h11-12,24-25H,7-10H2,1-6H3. The van der Waals surface area contributed by atoms with Crippen molar-refractivity contribution >= 4 is 8.60 Å². The van der Waals surface area contributed by atoms with Gasteiger partial charge in [-0.1, -0.05) is 41.5 Å². The highest BCUT2D eigenvalue weighted by Gasteiger charge is 2.33. The van der Waals surface area contributed by atoms with Gasteiger partial charge in [0.15, 0.2) is 0 Å². The van der Waals surface area contributed by atoms with Crippen LogP contribution in [-0.2, 0) is 14.3 Å². The van der Waals surface area contributed by atoms with Gasteiger partial charge in [0.1, 0.15) is 24.3 Å².